The lowest BCUT2D eigenvalue weighted by Gasteiger charge is -2.08. The predicted octanol–water partition coefficient (Wildman–Crippen LogP) is 4.52. The van der Waals surface area contributed by atoms with Gasteiger partial charge in [0.05, 0.1) is 19.8 Å². The lowest BCUT2D eigenvalue weighted by atomic mass is 10.0. The average Bonchev–Trinajstić information content (AvgIpc) is 2.64. The molecule has 2 rings (SSSR count). The molecule has 0 atom stereocenters. The molecule has 0 radical (unpaired) electrons. The summed E-state index contributed by atoms with van der Waals surface area (Å²) in [6, 6.07) is 8.01. The molecule has 27 heavy (non-hydrogen) atoms. The number of hydrogen-bond donors (Lipinski definition) is 2. The van der Waals surface area contributed by atoms with Gasteiger partial charge in [0.15, 0.2) is 17.3 Å². The van der Waals surface area contributed by atoms with E-state index in [4.69, 9.17) is 9.47 Å². The van der Waals surface area contributed by atoms with E-state index in [-0.39, 0.29) is 22.8 Å². The minimum absolute atomic E-state index is 0.0366. The van der Waals surface area contributed by atoms with Crippen molar-refractivity contribution in [3.8, 4) is 23.0 Å². The highest BCUT2D eigenvalue weighted by Crippen LogP contribution is 2.30. The Morgan fingerprint density at radius 2 is 1.70 bits per heavy atom. The molecule has 142 valence electrons. The number of carbonyl (C=O) groups excluding carboxylic acids is 1. The van der Waals surface area contributed by atoms with E-state index >= 15 is 0 Å². The summed E-state index contributed by atoms with van der Waals surface area (Å²) in [5.41, 5.74) is 2.58. The van der Waals surface area contributed by atoms with Crippen molar-refractivity contribution in [2.24, 2.45) is 0 Å². The van der Waals surface area contributed by atoms with Crippen LogP contribution >= 0.6 is 0 Å². The minimum Gasteiger partial charge on any atom is -0.508 e. The standard InChI is InChI=1S/C22H24O5/c1-14(2)5-8-16-12-17(20(25)13-19(16)24)18(23)9-6-15-7-10-21(26-3)22(11-15)27-4/h5-7,9-13,24-25H,8H2,1-4H3/b9-6+. The monoisotopic (exact) mass is 368 g/mol. The molecule has 0 aliphatic carbocycles. The quantitative estimate of drug-likeness (QED) is 0.427. The van der Waals surface area contributed by atoms with E-state index in [0.717, 1.165) is 11.1 Å². The van der Waals surface area contributed by atoms with Gasteiger partial charge < -0.3 is 19.7 Å². The van der Waals surface area contributed by atoms with Crippen molar-refractivity contribution in [2.45, 2.75) is 20.3 Å². The van der Waals surface area contributed by atoms with Crippen LogP contribution in [0.5, 0.6) is 23.0 Å². The molecule has 2 N–H and O–H groups in total. The summed E-state index contributed by atoms with van der Waals surface area (Å²) in [6.45, 7) is 3.91. The molecule has 0 saturated carbocycles. The molecule has 0 aliphatic heterocycles. The first-order chi connectivity index (χ1) is 12.8. The Bertz CT molecular complexity index is 890. The fourth-order valence-electron chi connectivity index (χ4n) is 2.52. The van der Waals surface area contributed by atoms with Crippen molar-refractivity contribution in [2.75, 3.05) is 14.2 Å². The van der Waals surface area contributed by atoms with E-state index in [1.54, 1.807) is 38.5 Å². The Labute approximate surface area is 159 Å². The van der Waals surface area contributed by atoms with Crippen molar-refractivity contribution >= 4 is 11.9 Å². The number of ketones is 1. The summed E-state index contributed by atoms with van der Waals surface area (Å²) in [5, 5.41) is 20.0. The number of benzene rings is 2. The molecule has 0 amide bonds. The summed E-state index contributed by atoms with van der Waals surface area (Å²) in [6.07, 6.45) is 5.43. The summed E-state index contributed by atoms with van der Waals surface area (Å²) >= 11 is 0. The van der Waals surface area contributed by atoms with Gasteiger partial charge in [0, 0.05) is 6.07 Å². The first-order valence-corrected chi connectivity index (χ1v) is 8.48. The van der Waals surface area contributed by atoms with Crippen molar-refractivity contribution in [3.63, 3.8) is 0 Å². The van der Waals surface area contributed by atoms with Gasteiger partial charge in [-0.05, 0) is 55.7 Å². The maximum absolute atomic E-state index is 12.5. The maximum Gasteiger partial charge on any atom is 0.189 e. The van der Waals surface area contributed by atoms with Crippen LogP contribution in [0.4, 0.5) is 0 Å². The molecule has 0 spiro atoms. The zero-order valence-electron chi connectivity index (χ0n) is 15.9. The molecule has 2 aromatic carbocycles. The molecule has 0 unspecified atom stereocenters. The van der Waals surface area contributed by atoms with Gasteiger partial charge in [0.2, 0.25) is 0 Å². The number of aromatic hydroxyl groups is 2. The highest BCUT2D eigenvalue weighted by Gasteiger charge is 2.13. The summed E-state index contributed by atoms with van der Waals surface area (Å²) in [5.74, 6) is 0.506. The summed E-state index contributed by atoms with van der Waals surface area (Å²) in [4.78, 5) is 12.5. The fraction of sp³-hybridized carbons (Fsp3) is 0.227. The summed E-state index contributed by atoms with van der Waals surface area (Å²) < 4.78 is 10.4. The van der Waals surface area contributed by atoms with Gasteiger partial charge in [-0.15, -0.1) is 0 Å². The predicted molar refractivity (Wildman–Crippen MR) is 106 cm³/mol. The van der Waals surface area contributed by atoms with Crippen LogP contribution in [0.3, 0.4) is 0 Å². The Morgan fingerprint density at radius 3 is 2.33 bits per heavy atom. The zero-order chi connectivity index (χ0) is 20.0. The lowest BCUT2D eigenvalue weighted by Crippen LogP contribution is -1.97. The van der Waals surface area contributed by atoms with Crippen LogP contribution in [0.15, 0.2) is 48.1 Å². The van der Waals surface area contributed by atoms with Gasteiger partial charge in [0.25, 0.3) is 0 Å². The smallest absolute Gasteiger partial charge is 0.189 e. The van der Waals surface area contributed by atoms with Crippen LogP contribution < -0.4 is 9.47 Å². The molecule has 0 aromatic heterocycles. The first kappa shape index (κ1) is 20.1. The molecule has 0 fully saturated rings. The Kier molecular flexibility index (Phi) is 6.66. The number of ether oxygens (including phenoxy) is 2. The average molecular weight is 368 g/mol. The van der Waals surface area contributed by atoms with E-state index < -0.39 is 0 Å². The second-order valence-electron chi connectivity index (χ2n) is 6.30. The van der Waals surface area contributed by atoms with Crippen LogP contribution in [0, 0.1) is 0 Å². The SMILES string of the molecule is COc1ccc(/C=C/C(=O)c2cc(CC=C(C)C)c(O)cc2O)cc1OC. The van der Waals surface area contributed by atoms with Gasteiger partial charge in [0.1, 0.15) is 11.5 Å². The van der Waals surface area contributed by atoms with Gasteiger partial charge in [-0.25, -0.2) is 0 Å². The third-order valence-electron chi connectivity index (χ3n) is 4.03. The molecule has 2 aromatic rings. The molecular weight excluding hydrogens is 344 g/mol. The van der Waals surface area contributed by atoms with Crippen LogP contribution in [0.2, 0.25) is 0 Å². The van der Waals surface area contributed by atoms with E-state index in [1.807, 2.05) is 19.9 Å². The molecule has 0 bridgehead atoms. The highest BCUT2D eigenvalue weighted by atomic mass is 16.5. The second kappa shape index (κ2) is 8.94. The van der Waals surface area contributed by atoms with Crippen LogP contribution in [0.1, 0.15) is 35.3 Å². The van der Waals surface area contributed by atoms with Crippen molar-refractivity contribution in [1.82, 2.24) is 0 Å². The molecule has 0 aliphatic rings. The van der Waals surface area contributed by atoms with E-state index in [2.05, 4.69) is 0 Å². The lowest BCUT2D eigenvalue weighted by molar-refractivity contribution is 0.104. The molecule has 0 saturated heterocycles. The van der Waals surface area contributed by atoms with Crippen molar-refractivity contribution in [1.29, 1.82) is 0 Å². The normalized spacial score (nSPS) is 10.7. The zero-order valence-corrected chi connectivity index (χ0v) is 15.9. The number of rotatable bonds is 7. The topological polar surface area (TPSA) is 76.0 Å². The Balaban J connectivity index is 2.28. The summed E-state index contributed by atoms with van der Waals surface area (Å²) in [7, 11) is 3.09. The number of allylic oxidation sites excluding steroid dienone is 3. The van der Waals surface area contributed by atoms with E-state index in [1.165, 1.54) is 18.2 Å². The van der Waals surface area contributed by atoms with Crippen molar-refractivity contribution < 1.29 is 24.5 Å². The first-order valence-electron chi connectivity index (χ1n) is 8.48. The van der Waals surface area contributed by atoms with Gasteiger partial charge >= 0.3 is 0 Å². The van der Waals surface area contributed by atoms with E-state index in [0.29, 0.717) is 23.5 Å². The van der Waals surface area contributed by atoms with Crippen LogP contribution in [-0.4, -0.2) is 30.2 Å². The largest absolute Gasteiger partial charge is 0.508 e. The maximum atomic E-state index is 12.5. The molecule has 5 heteroatoms. The van der Waals surface area contributed by atoms with Gasteiger partial charge in [-0.3, -0.25) is 4.79 Å². The third kappa shape index (κ3) is 5.14. The number of phenols is 2. The highest BCUT2D eigenvalue weighted by molar-refractivity contribution is 6.08. The molecule has 5 nitrogen and oxygen atoms in total. The van der Waals surface area contributed by atoms with Crippen molar-refractivity contribution in [3.05, 3.63) is 64.7 Å². The number of methoxy groups -OCH3 is 2. The van der Waals surface area contributed by atoms with Crippen LogP contribution in [0.25, 0.3) is 6.08 Å². The number of phenolic OH excluding ortho intramolecular Hbond substituents is 2. The van der Waals surface area contributed by atoms with E-state index in [9.17, 15) is 15.0 Å². The minimum atomic E-state index is -0.360. The molecular formula is C22H24O5. The third-order valence-corrected chi connectivity index (χ3v) is 4.03. The Morgan fingerprint density at radius 1 is 1.00 bits per heavy atom. The number of hydrogen-bond acceptors (Lipinski definition) is 5. The van der Waals surface area contributed by atoms with Gasteiger partial charge in [-0.2, -0.15) is 0 Å². The number of carbonyl (C=O) groups is 1. The Hall–Kier alpha value is -3.21. The van der Waals surface area contributed by atoms with Crippen LogP contribution in [-0.2, 0) is 6.42 Å². The second-order valence-corrected chi connectivity index (χ2v) is 6.30. The molecule has 0 heterocycles. The van der Waals surface area contributed by atoms with Gasteiger partial charge in [-0.1, -0.05) is 23.8 Å². The fourth-order valence-corrected chi connectivity index (χ4v) is 2.52.